The topological polar surface area (TPSA) is 147 Å². The van der Waals surface area contributed by atoms with E-state index in [1.54, 1.807) is 23.8 Å². The number of guanidine groups is 1. The first-order chi connectivity index (χ1) is 18.9. The maximum absolute atomic E-state index is 14.2. The highest BCUT2D eigenvalue weighted by Crippen LogP contribution is 2.53. The van der Waals surface area contributed by atoms with Crippen LogP contribution in [0.2, 0.25) is 0 Å². The van der Waals surface area contributed by atoms with Crippen LogP contribution in [0.1, 0.15) is 18.1 Å². The summed E-state index contributed by atoms with van der Waals surface area (Å²) < 4.78 is 63.0. The molecule has 0 aliphatic carbocycles. The van der Waals surface area contributed by atoms with Gasteiger partial charge in [0.15, 0.2) is 11.5 Å². The second-order valence-electron chi connectivity index (χ2n) is 8.98. The molecule has 0 radical (unpaired) electrons. The normalized spacial score (nSPS) is 22.5. The second-order valence-corrected chi connectivity index (χ2v) is 13.5. The van der Waals surface area contributed by atoms with Crippen LogP contribution in [0.25, 0.3) is 0 Å². The van der Waals surface area contributed by atoms with Crippen molar-refractivity contribution in [2.45, 2.75) is 13.5 Å². The number of sulfonamides is 1. The van der Waals surface area contributed by atoms with E-state index in [1.165, 1.54) is 53.8 Å². The molecule has 1 amide bonds. The average molecular weight is 605 g/mol. The van der Waals surface area contributed by atoms with Crippen molar-refractivity contribution >= 4 is 63.1 Å². The lowest BCUT2D eigenvalue weighted by atomic mass is 10.1. The van der Waals surface area contributed by atoms with Crippen molar-refractivity contribution in [3.8, 4) is 0 Å². The predicted octanol–water partition coefficient (Wildman–Crippen LogP) is 4.30. The first-order valence-electron chi connectivity index (χ1n) is 11.9. The molecular weight excluding hydrogens is 580 g/mol. The number of nitrogens with zero attached hydrogens (tertiary/aromatic N) is 3. The molecule has 0 saturated carbocycles. The number of aliphatic hydroxyl groups excluding tert-OH is 1. The zero-order chi connectivity index (χ0) is 28.7. The average Bonchev–Trinajstić information content (AvgIpc) is 3.41. The quantitative estimate of drug-likeness (QED) is 0.269. The van der Waals surface area contributed by atoms with Gasteiger partial charge in [-0.15, -0.1) is 4.76 Å². The fraction of sp³-hybridized carbons (Fsp3) is 0.160. The Kier molecular flexibility index (Phi) is 7.23. The highest BCUT2D eigenvalue weighted by molar-refractivity contribution is 7.92. The van der Waals surface area contributed by atoms with Crippen LogP contribution in [0, 0.1) is 5.82 Å². The molecule has 208 valence electrons. The van der Waals surface area contributed by atoms with Crippen molar-refractivity contribution in [2.75, 3.05) is 22.9 Å². The van der Waals surface area contributed by atoms with Crippen LogP contribution in [0.5, 0.6) is 0 Å². The van der Waals surface area contributed by atoms with E-state index in [0.717, 1.165) is 12.3 Å². The molecular formula is C25H24FN5O6PS2+. The maximum atomic E-state index is 14.2. The highest BCUT2D eigenvalue weighted by Gasteiger charge is 2.51. The molecule has 5 rings (SSSR count). The van der Waals surface area contributed by atoms with E-state index < -0.39 is 33.9 Å². The summed E-state index contributed by atoms with van der Waals surface area (Å²) in [5, 5.41) is 22.0. The number of carbonyl (C=O) groups excluding carboxylic acids is 1. The lowest BCUT2D eigenvalue weighted by molar-refractivity contribution is -0.782. The number of rotatable bonds is 7. The Balaban J connectivity index is 1.71. The van der Waals surface area contributed by atoms with Crippen molar-refractivity contribution in [3.05, 3.63) is 88.1 Å². The van der Waals surface area contributed by atoms with Gasteiger partial charge in [-0.1, -0.05) is 21.8 Å². The van der Waals surface area contributed by atoms with Crippen molar-refractivity contribution < 1.29 is 36.4 Å². The Morgan fingerprint density at radius 1 is 1.20 bits per heavy atom. The van der Waals surface area contributed by atoms with Gasteiger partial charge in [-0.2, -0.15) is 11.3 Å². The summed E-state index contributed by atoms with van der Waals surface area (Å²) in [6.45, 7) is 1.45. The molecule has 1 aromatic heterocycles. The molecule has 2 unspecified atom stereocenters. The minimum Gasteiger partial charge on any atom is -0.505 e. The van der Waals surface area contributed by atoms with Crippen LogP contribution < -0.4 is 15.3 Å². The number of benzene rings is 2. The number of fused-ring (bicyclic) bond motifs is 1. The Hall–Kier alpha value is -3.68. The maximum Gasteiger partial charge on any atom is 0.376 e. The van der Waals surface area contributed by atoms with Crippen LogP contribution in [0.15, 0.2) is 81.0 Å². The monoisotopic (exact) mass is 604 g/mol. The molecule has 3 heterocycles. The van der Waals surface area contributed by atoms with Gasteiger partial charge in [0.05, 0.1) is 29.9 Å². The van der Waals surface area contributed by atoms with Crippen LogP contribution >= 0.6 is 18.9 Å². The second kappa shape index (κ2) is 10.4. The van der Waals surface area contributed by atoms with E-state index in [9.17, 15) is 27.3 Å². The number of quaternary nitrogens is 1. The summed E-state index contributed by atoms with van der Waals surface area (Å²) >= 11 is 1.37. The summed E-state index contributed by atoms with van der Waals surface area (Å²) in [5.74, 6) is -1.67. The Morgan fingerprint density at radius 3 is 2.60 bits per heavy atom. The number of carbonyl (C=O) groups is 1. The highest BCUT2D eigenvalue weighted by atomic mass is 32.2. The molecule has 2 atom stereocenters. The first kappa shape index (κ1) is 27.9. The molecule has 3 aromatic rings. The van der Waals surface area contributed by atoms with Crippen molar-refractivity contribution in [1.29, 1.82) is 0 Å². The summed E-state index contributed by atoms with van der Waals surface area (Å²) in [4.78, 5) is 13.7. The smallest absolute Gasteiger partial charge is 0.376 e. The van der Waals surface area contributed by atoms with Gasteiger partial charge >= 0.3 is 19.4 Å². The number of thiophene rings is 1. The van der Waals surface area contributed by atoms with Gasteiger partial charge in [0.1, 0.15) is 12.4 Å². The van der Waals surface area contributed by atoms with Crippen molar-refractivity contribution in [2.24, 2.45) is 9.86 Å². The van der Waals surface area contributed by atoms with Crippen LogP contribution in [0.4, 0.5) is 15.8 Å². The van der Waals surface area contributed by atoms with Crippen molar-refractivity contribution in [3.63, 3.8) is 0 Å². The Morgan fingerprint density at radius 2 is 1.95 bits per heavy atom. The van der Waals surface area contributed by atoms with Gasteiger partial charge in [0.2, 0.25) is 10.0 Å². The zero-order valence-electron chi connectivity index (χ0n) is 21.2. The minimum atomic E-state index is -4.08. The van der Waals surface area contributed by atoms with Gasteiger partial charge in [0, 0.05) is 22.2 Å². The van der Waals surface area contributed by atoms with Crippen molar-refractivity contribution in [1.82, 2.24) is 0 Å². The van der Waals surface area contributed by atoms with E-state index in [-0.39, 0.29) is 47.3 Å². The number of amides is 1. The summed E-state index contributed by atoms with van der Waals surface area (Å²) in [6, 6.07) is 11.5. The van der Waals surface area contributed by atoms with E-state index in [0.29, 0.717) is 11.1 Å². The number of hydrogen-bond donors (Lipinski definition) is 3. The molecule has 0 spiro atoms. The van der Waals surface area contributed by atoms with Crippen LogP contribution in [0.3, 0.4) is 0 Å². The minimum absolute atomic E-state index is 0.00669. The van der Waals surface area contributed by atoms with Gasteiger partial charge in [-0.25, -0.2) is 17.6 Å². The SMILES string of the molecule is CCOP1(=O)N=C([N+]2(Cc3ccc(F)cc3)N=C(c3ccsc3)C(O)=CC2=O)Nc2ccc(NS(C)(=O)=O)cc21. The van der Waals surface area contributed by atoms with Gasteiger partial charge < -0.3 is 9.63 Å². The fourth-order valence-electron chi connectivity index (χ4n) is 4.27. The number of hydrogen-bond acceptors (Lipinski definition) is 9. The third kappa shape index (κ3) is 5.36. The van der Waals surface area contributed by atoms with Gasteiger partial charge in [0.25, 0.3) is 0 Å². The summed E-state index contributed by atoms with van der Waals surface area (Å²) in [5.41, 5.74) is 1.58. The number of aliphatic hydroxyl groups is 1. The molecule has 0 bridgehead atoms. The molecule has 3 N–H and O–H groups in total. The number of nitrogens with one attached hydrogen (secondary N) is 2. The van der Waals surface area contributed by atoms with Crippen LogP contribution in [-0.4, -0.2) is 48.6 Å². The van der Waals surface area contributed by atoms with E-state index in [2.05, 4.69) is 19.9 Å². The molecule has 15 heteroatoms. The Labute approximate surface area is 233 Å². The lowest BCUT2D eigenvalue weighted by Crippen LogP contribution is -2.57. The molecule has 2 aromatic carbocycles. The van der Waals surface area contributed by atoms with Gasteiger partial charge in [-0.3, -0.25) is 14.6 Å². The molecule has 40 heavy (non-hydrogen) atoms. The van der Waals surface area contributed by atoms with E-state index in [4.69, 9.17) is 4.52 Å². The standard InChI is InChI=1S/C25H23FN5O6PS2/c1-3-37-38(34)22-12-19(30-40(2,35)36)8-9-20(22)27-25(29-38)31(14-16-4-6-18(26)7-5-16)23(33)13-21(32)24(28-31)17-10-11-39-15-17/h4-13,15H,3,14H2,1-2H3,(H2-,27,28,29,30,32,33,34)/p+1. The van der Waals surface area contributed by atoms with E-state index >= 15 is 0 Å². The van der Waals surface area contributed by atoms with Crippen LogP contribution in [-0.2, 0) is 30.5 Å². The third-order valence-corrected chi connectivity index (χ3v) is 9.32. The number of halogens is 1. The number of allylic oxidation sites excluding steroid dienone is 1. The zero-order valence-corrected chi connectivity index (χ0v) is 23.8. The van der Waals surface area contributed by atoms with Gasteiger partial charge in [-0.05, 0) is 48.7 Å². The lowest BCUT2D eigenvalue weighted by Gasteiger charge is -2.34. The summed E-state index contributed by atoms with van der Waals surface area (Å²) in [6.07, 6.45) is 2.01. The molecule has 2 aliphatic rings. The third-order valence-electron chi connectivity index (χ3n) is 5.99. The fourth-order valence-corrected chi connectivity index (χ4v) is 7.31. The molecule has 11 nitrogen and oxygen atoms in total. The number of anilines is 2. The summed E-state index contributed by atoms with van der Waals surface area (Å²) in [7, 11) is -7.71. The molecule has 2 aliphatic heterocycles. The predicted molar refractivity (Wildman–Crippen MR) is 152 cm³/mol. The Bertz CT molecular complexity index is 1740. The molecule has 0 fully saturated rings. The van der Waals surface area contributed by atoms with E-state index in [1.807, 2.05) is 0 Å². The largest absolute Gasteiger partial charge is 0.505 e. The first-order valence-corrected chi connectivity index (χ1v) is 16.3. The molecule has 0 saturated heterocycles.